The van der Waals surface area contributed by atoms with Gasteiger partial charge in [0, 0.05) is 20.2 Å². The van der Waals surface area contributed by atoms with Gasteiger partial charge in [-0.3, -0.25) is 5.10 Å². The number of sulfonamides is 1. The van der Waals surface area contributed by atoms with Crippen molar-refractivity contribution >= 4 is 15.8 Å². The quantitative estimate of drug-likeness (QED) is 0.810. The molecule has 7 nitrogen and oxygen atoms in total. The smallest absolute Gasteiger partial charge is 0.248 e. The Hall–Kier alpha value is -1.12. The lowest BCUT2D eigenvalue weighted by Gasteiger charge is -2.35. The van der Waals surface area contributed by atoms with E-state index >= 15 is 0 Å². The van der Waals surface area contributed by atoms with E-state index in [1.54, 1.807) is 7.11 Å². The highest BCUT2D eigenvalue weighted by Crippen LogP contribution is 2.26. The van der Waals surface area contributed by atoms with Gasteiger partial charge in [-0.25, -0.2) is 8.42 Å². The summed E-state index contributed by atoms with van der Waals surface area (Å²) >= 11 is 0. The number of hydrogen-bond acceptors (Lipinski definition) is 5. The minimum atomic E-state index is -3.58. The number of aromatic amines is 1. The number of anilines is 1. The van der Waals surface area contributed by atoms with Crippen LogP contribution in [-0.4, -0.2) is 49.2 Å². The van der Waals surface area contributed by atoms with Crippen molar-refractivity contribution in [2.45, 2.75) is 24.3 Å². The van der Waals surface area contributed by atoms with Crippen LogP contribution in [0.2, 0.25) is 0 Å². The molecule has 2 unspecified atom stereocenters. The number of aromatic nitrogens is 2. The van der Waals surface area contributed by atoms with Gasteiger partial charge in [-0.2, -0.15) is 9.40 Å². The van der Waals surface area contributed by atoms with Crippen molar-refractivity contribution in [3.63, 3.8) is 0 Å². The number of nitrogens with two attached hydrogens (primary N) is 1. The molecule has 0 bridgehead atoms. The molecule has 0 amide bonds. The van der Waals surface area contributed by atoms with Crippen LogP contribution < -0.4 is 5.73 Å². The summed E-state index contributed by atoms with van der Waals surface area (Å²) in [6.45, 7) is 2.89. The molecule has 0 aliphatic carbocycles. The summed E-state index contributed by atoms with van der Waals surface area (Å²) in [5, 5.41) is 6.09. The first-order valence-corrected chi connectivity index (χ1v) is 7.22. The highest BCUT2D eigenvalue weighted by Gasteiger charge is 2.35. The van der Waals surface area contributed by atoms with Gasteiger partial charge in [0.15, 0.2) is 0 Å². The number of H-pyrrole nitrogens is 1. The molecule has 102 valence electrons. The van der Waals surface area contributed by atoms with Crippen LogP contribution in [-0.2, 0) is 14.8 Å². The summed E-state index contributed by atoms with van der Waals surface area (Å²) < 4.78 is 31.5. The van der Waals surface area contributed by atoms with E-state index in [9.17, 15) is 8.42 Å². The Morgan fingerprint density at radius 1 is 1.61 bits per heavy atom. The predicted molar refractivity (Wildman–Crippen MR) is 66.3 cm³/mol. The maximum Gasteiger partial charge on any atom is 0.248 e. The Kier molecular flexibility index (Phi) is 3.60. The van der Waals surface area contributed by atoms with Gasteiger partial charge < -0.3 is 10.5 Å². The van der Waals surface area contributed by atoms with Crippen molar-refractivity contribution in [1.82, 2.24) is 14.5 Å². The minimum absolute atomic E-state index is 0.0342. The fourth-order valence-corrected chi connectivity index (χ4v) is 3.64. The van der Waals surface area contributed by atoms with Crippen LogP contribution >= 0.6 is 0 Å². The van der Waals surface area contributed by atoms with Crippen LogP contribution in [0.15, 0.2) is 11.1 Å². The molecule has 2 atom stereocenters. The lowest BCUT2D eigenvalue weighted by molar-refractivity contribution is 0.0184. The standard InChI is InChI=1S/C10H18N4O3S/c1-7-3-4-14(6-8(7)17-2)18(15,16)9-5-12-13-10(9)11/h5,7-8H,3-4,6H2,1-2H3,(H3,11,12,13). The molecule has 2 rings (SSSR count). The number of nitrogens with one attached hydrogen (secondary N) is 1. The number of methoxy groups -OCH3 is 1. The normalized spacial score (nSPS) is 26.3. The summed E-state index contributed by atoms with van der Waals surface area (Å²) in [4.78, 5) is 0.0342. The molecule has 0 aromatic carbocycles. The van der Waals surface area contributed by atoms with Gasteiger partial charge in [0.05, 0.1) is 12.3 Å². The van der Waals surface area contributed by atoms with E-state index in [1.165, 1.54) is 10.5 Å². The van der Waals surface area contributed by atoms with Crippen LogP contribution in [0, 0.1) is 5.92 Å². The average molecular weight is 274 g/mol. The molecular weight excluding hydrogens is 256 g/mol. The Morgan fingerprint density at radius 3 is 2.89 bits per heavy atom. The number of piperidine rings is 1. The second-order valence-corrected chi connectivity index (χ2v) is 6.46. The van der Waals surface area contributed by atoms with Gasteiger partial charge in [0.2, 0.25) is 10.0 Å². The summed E-state index contributed by atoms with van der Waals surface area (Å²) in [6.07, 6.45) is 1.93. The molecule has 0 spiro atoms. The van der Waals surface area contributed by atoms with Gasteiger partial charge in [0.25, 0.3) is 0 Å². The summed E-state index contributed by atoms with van der Waals surface area (Å²) in [5.41, 5.74) is 5.57. The van der Waals surface area contributed by atoms with Crippen LogP contribution in [0.1, 0.15) is 13.3 Å². The zero-order chi connectivity index (χ0) is 13.3. The zero-order valence-corrected chi connectivity index (χ0v) is 11.3. The van der Waals surface area contributed by atoms with Crippen molar-refractivity contribution < 1.29 is 13.2 Å². The minimum Gasteiger partial charge on any atom is -0.383 e. The molecular formula is C10H18N4O3S. The summed E-state index contributed by atoms with van der Waals surface area (Å²) in [6, 6.07) is 0. The van der Waals surface area contributed by atoms with Crippen LogP contribution in [0.5, 0.6) is 0 Å². The van der Waals surface area contributed by atoms with Gasteiger partial charge in [-0.1, -0.05) is 6.92 Å². The Bertz CT molecular complexity index is 513. The first-order chi connectivity index (χ1) is 8.46. The molecule has 18 heavy (non-hydrogen) atoms. The van der Waals surface area contributed by atoms with E-state index in [2.05, 4.69) is 17.1 Å². The van der Waals surface area contributed by atoms with Gasteiger partial charge in [0.1, 0.15) is 10.7 Å². The molecule has 1 aromatic rings. The highest BCUT2D eigenvalue weighted by atomic mass is 32.2. The highest BCUT2D eigenvalue weighted by molar-refractivity contribution is 7.89. The molecule has 1 aliphatic heterocycles. The third-order valence-corrected chi connectivity index (χ3v) is 5.30. The van der Waals surface area contributed by atoms with E-state index < -0.39 is 10.0 Å². The van der Waals surface area contributed by atoms with Crippen molar-refractivity contribution in [3.05, 3.63) is 6.20 Å². The third-order valence-electron chi connectivity index (χ3n) is 3.40. The topological polar surface area (TPSA) is 101 Å². The first-order valence-electron chi connectivity index (χ1n) is 5.78. The first kappa shape index (κ1) is 13.3. The molecule has 8 heteroatoms. The molecule has 1 saturated heterocycles. The lowest BCUT2D eigenvalue weighted by atomic mass is 9.97. The Labute approximate surface area is 106 Å². The molecule has 1 aliphatic rings. The number of rotatable bonds is 3. The Balaban J connectivity index is 2.24. The average Bonchev–Trinajstić information content (AvgIpc) is 2.76. The van der Waals surface area contributed by atoms with Crippen LogP contribution in [0.3, 0.4) is 0 Å². The van der Waals surface area contributed by atoms with Gasteiger partial charge in [-0.15, -0.1) is 0 Å². The monoisotopic (exact) mass is 274 g/mol. The fourth-order valence-electron chi connectivity index (χ4n) is 2.16. The summed E-state index contributed by atoms with van der Waals surface area (Å²) in [5.74, 6) is 0.422. The SMILES string of the molecule is COC1CN(S(=O)(=O)c2cn[nH]c2N)CCC1C. The van der Waals surface area contributed by atoms with Crippen LogP contribution in [0.25, 0.3) is 0 Å². The molecule has 0 saturated carbocycles. The van der Waals surface area contributed by atoms with E-state index in [4.69, 9.17) is 10.5 Å². The number of ether oxygens (including phenoxy) is 1. The molecule has 1 aromatic heterocycles. The van der Waals surface area contributed by atoms with Gasteiger partial charge in [-0.05, 0) is 12.3 Å². The molecule has 1 fully saturated rings. The van der Waals surface area contributed by atoms with Gasteiger partial charge >= 0.3 is 0 Å². The van der Waals surface area contributed by atoms with E-state index in [-0.39, 0.29) is 16.8 Å². The van der Waals surface area contributed by atoms with E-state index in [0.29, 0.717) is 19.0 Å². The van der Waals surface area contributed by atoms with Crippen molar-refractivity contribution in [1.29, 1.82) is 0 Å². The predicted octanol–water partition coefficient (Wildman–Crippen LogP) is 0.0374. The van der Waals surface area contributed by atoms with Crippen molar-refractivity contribution in [3.8, 4) is 0 Å². The number of hydrogen-bond donors (Lipinski definition) is 2. The Morgan fingerprint density at radius 2 is 2.33 bits per heavy atom. The van der Waals surface area contributed by atoms with E-state index in [1.807, 2.05) is 0 Å². The van der Waals surface area contributed by atoms with Crippen LogP contribution in [0.4, 0.5) is 5.82 Å². The fraction of sp³-hybridized carbons (Fsp3) is 0.700. The maximum atomic E-state index is 12.4. The van der Waals surface area contributed by atoms with Crippen molar-refractivity contribution in [2.75, 3.05) is 25.9 Å². The second-order valence-electron chi connectivity index (χ2n) is 4.55. The summed E-state index contributed by atoms with van der Waals surface area (Å²) in [7, 11) is -1.98. The largest absolute Gasteiger partial charge is 0.383 e. The van der Waals surface area contributed by atoms with Crippen molar-refractivity contribution in [2.24, 2.45) is 5.92 Å². The number of nitrogen functional groups attached to an aromatic ring is 1. The van der Waals surface area contributed by atoms with E-state index in [0.717, 1.165) is 6.42 Å². The zero-order valence-electron chi connectivity index (χ0n) is 10.5. The molecule has 0 radical (unpaired) electrons. The lowest BCUT2D eigenvalue weighted by Crippen LogP contribution is -2.46. The third kappa shape index (κ3) is 2.23. The maximum absolute atomic E-state index is 12.4. The second kappa shape index (κ2) is 4.87. The molecule has 2 heterocycles. The molecule has 3 N–H and O–H groups in total. The number of nitrogens with zero attached hydrogens (tertiary/aromatic N) is 2.